The molecule has 3 aromatic carbocycles. The summed E-state index contributed by atoms with van der Waals surface area (Å²) in [6, 6.07) is 22.5. The van der Waals surface area contributed by atoms with Crippen molar-refractivity contribution in [2.45, 2.75) is 63.1 Å². The van der Waals surface area contributed by atoms with Crippen molar-refractivity contribution in [2.24, 2.45) is 5.41 Å². The molecule has 1 saturated heterocycles. The van der Waals surface area contributed by atoms with Crippen LogP contribution in [-0.2, 0) is 10.0 Å². The SMILES string of the molecule is CC(C)(C)[C@@H](CN1CCCCC1)NC(=S)N[C@@H](c1ccccc1)[C@@H](NS(=O)(=O)c1ccc([N+](=O)[O-])cc1)c1ccccc1. The lowest BCUT2D eigenvalue weighted by Gasteiger charge is -2.39. The fourth-order valence-electron chi connectivity index (χ4n) is 5.27. The number of rotatable bonds is 11. The molecule has 43 heavy (non-hydrogen) atoms. The summed E-state index contributed by atoms with van der Waals surface area (Å²) in [5.74, 6) is 0. The zero-order valence-corrected chi connectivity index (χ0v) is 26.5. The summed E-state index contributed by atoms with van der Waals surface area (Å²) in [5, 5.41) is 18.6. The summed E-state index contributed by atoms with van der Waals surface area (Å²) in [5.41, 5.74) is 1.31. The van der Waals surface area contributed by atoms with Gasteiger partial charge in [-0.2, -0.15) is 0 Å². The largest absolute Gasteiger partial charge is 0.358 e. The van der Waals surface area contributed by atoms with Crippen molar-refractivity contribution in [1.29, 1.82) is 0 Å². The van der Waals surface area contributed by atoms with Gasteiger partial charge in [0.2, 0.25) is 10.0 Å². The summed E-state index contributed by atoms with van der Waals surface area (Å²) in [6.07, 6.45) is 3.66. The van der Waals surface area contributed by atoms with E-state index in [-0.39, 0.29) is 22.0 Å². The van der Waals surface area contributed by atoms with E-state index in [0.717, 1.165) is 30.8 Å². The van der Waals surface area contributed by atoms with Crippen LogP contribution in [0.3, 0.4) is 0 Å². The van der Waals surface area contributed by atoms with E-state index in [9.17, 15) is 18.5 Å². The maximum Gasteiger partial charge on any atom is 0.269 e. The van der Waals surface area contributed by atoms with Crippen LogP contribution >= 0.6 is 12.2 Å². The van der Waals surface area contributed by atoms with Gasteiger partial charge in [-0.1, -0.05) is 87.9 Å². The molecule has 4 rings (SSSR count). The number of likely N-dealkylation sites (tertiary alicyclic amines) is 1. The van der Waals surface area contributed by atoms with Crippen molar-refractivity contribution < 1.29 is 13.3 Å². The van der Waals surface area contributed by atoms with Gasteiger partial charge in [-0.25, -0.2) is 13.1 Å². The lowest BCUT2D eigenvalue weighted by molar-refractivity contribution is -0.384. The van der Waals surface area contributed by atoms with E-state index in [4.69, 9.17) is 12.2 Å². The molecule has 3 atom stereocenters. The van der Waals surface area contributed by atoms with Crippen molar-refractivity contribution in [1.82, 2.24) is 20.3 Å². The molecule has 1 heterocycles. The van der Waals surface area contributed by atoms with Gasteiger partial charge >= 0.3 is 0 Å². The number of hydrogen-bond donors (Lipinski definition) is 3. The van der Waals surface area contributed by atoms with Gasteiger partial charge in [0, 0.05) is 24.7 Å². The van der Waals surface area contributed by atoms with Gasteiger partial charge in [-0.15, -0.1) is 0 Å². The highest BCUT2D eigenvalue weighted by Gasteiger charge is 2.33. The molecule has 0 aliphatic carbocycles. The van der Waals surface area contributed by atoms with E-state index < -0.39 is 27.0 Å². The van der Waals surface area contributed by atoms with Crippen LogP contribution in [0, 0.1) is 15.5 Å². The van der Waals surface area contributed by atoms with Gasteiger partial charge in [-0.05, 0) is 66.8 Å². The molecular weight excluding hydrogens is 583 g/mol. The number of piperidine rings is 1. The predicted molar refractivity (Wildman–Crippen MR) is 174 cm³/mol. The first-order valence-corrected chi connectivity index (χ1v) is 16.5. The summed E-state index contributed by atoms with van der Waals surface area (Å²) in [4.78, 5) is 13.0. The number of nitro groups is 1. The van der Waals surface area contributed by atoms with Crippen molar-refractivity contribution in [3.63, 3.8) is 0 Å². The highest BCUT2D eigenvalue weighted by molar-refractivity contribution is 7.89. The monoisotopic (exact) mass is 623 g/mol. The molecule has 1 fully saturated rings. The number of non-ortho nitro benzene ring substituents is 1. The van der Waals surface area contributed by atoms with Crippen LogP contribution in [0.4, 0.5) is 5.69 Å². The van der Waals surface area contributed by atoms with Crippen LogP contribution < -0.4 is 15.4 Å². The van der Waals surface area contributed by atoms with Crippen LogP contribution in [-0.4, -0.2) is 49.0 Å². The Morgan fingerprint density at radius 1 is 0.860 bits per heavy atom. The fraction of sp³-hybridized carbons (Fsp3) is 0.406. The topological polar surface area (TPSA) is 117 Å². The van der Waals surface area contributed by atoms with Gasteiger partial charge in [0.25, 0.3) is 5.69 Å². The number of nitrogens with zero attached hydrogens (tertiary/aromatic N) is 2. The Morgan fingerprint density at radius 3 is 1.91 bits per heavy atom. The molecular formula is C32H41N5O4S2. The minimum absolute atomic E-state index is 0.0639. The third kappa shape index (κ3) is 9.06. The second kappa shape index (κ2) is 14.4. The Hall–Kier alpha value is -3.38. The fourth-order valence-corrected chi connectivity index (χ4v) is 6.77. The maximum atomic E-state index is 13.7. The molecule has 0 radical (unpaired) electrons. The van der Waals surface area contributed by atoms with Crippen molar-refractivity contribution in [2.75, 3.05) is 19.6 Å². The molecule has 1 aliphatic rings. The van der Waals surface area contributed by atoms with Crippen molar-refractivity contribution in [3.8, 4) is 0 Å². The quantitative estimate of drug-likeness (QED) is 0.141. The Balaban J connectivity index is 1.65. The Kier molecular flexibility index (Phi) is 10.9. The molecule has 3 N–H and O–H groups in total. The average molecular weight is 624 g/mol. The smallest absolute Gasteiger partial charge is 0.269 e. The third-order valence-electron chi connectivity index (χ3n) is 7.82. The van der Waals surface area contributed by atoms with E-state index in [1.165, 1.54) is 43.5 Å². The van der Waals surface area contributed by atoms with E-state index in [2.05, 4.69) is 41.0 Å². The van der Waals surface area contributed by atoms with Crippen molar-refractivity contribution >= 4 is 33.0 Å². The molecule has 0 amide bonds. The molecule has 230 valence electrons. The third-order valence-corrected chi connectivity index (χ3v) is 9.51. The van der Waals surface area contributed by atoms with Crippen LogP contribution in [0.1, 0.15) is 63.2 Å². The summed E-state index contributed by atoms with van der Waals surface area (Å²) < 4.78 is 30.2. The van der Waals surface area contributed by atoms with Gasteiger partial charge in [-0.3, -0.25) is 10.1 Å². The summed E-state index contributed by atoms with van der Waals surface area (Å²) in [6.45, 7) is 9.57. The van der Waals surface area contributed by atoms with E-state index >= 15 is 0 Å². The zero-order valence-electron chi connectivity index (χ0n) is 24.9. The maximum absolute atomic E-state index is 13.7. The second-order valence-electron chi connectivity index (χ2n) is 12.0. The number of thiocarbonyl (C=S) groups is 1. The molecule has 3 aromatic rings. The molecule has 0 unspecified atom stereocenters. The number of benzene rings is 3. The van der Waals surface area contributed by atoms with Crippen LogP contribution in [0.2, 0.25) is 0 Å². The molecule has 11 heteroatoms. The second-order valence-corrected chi connectivity index (χ2v) is 14.2. The molecule has 0 spiro atoms. The van der Waals surface area contributed by atoms with Crippen LogP contribution in [0.15, 0.2) is 89.8 Å². The molecule has 1 aliphatic heterocycles. The minimum Gasteiger partial charge on any atom is -0.358 e. The lowest BCUT2D eigenvalue weighted by Crippen LogP contribution is -2.55. The first-order valence-electron chi connectivity index (χ1n) is 14.6. The number of nitro benzene ring substituents is 1. The van der Waals surface area contributed by atoms with Crippen molar-refractivity contribution in [3.05, 3.63) is 106 Å². The number of hydrogen-bond acceptors (Lipinski definition) is 6. The van der Waals surface area contributed by atoms with E-state index in [1.807, 2.05) is 60.7 Å². The first kappa shape index (κ1) is 32.5. The van der Waals surface area contributed by atoms with Gasteiger partial charge in [0.1, 0.15) is 0 Å². The highest BCUT2D eigenvalue weighted by atomic mass is 32.2. The summed E-state index contributed by atoms with van der Waals surface area (Å²) in [7, 11) is -4.09. The first-order chi connectivity index (χ1) is 20.4. The van der Waals surface area contributed by atoms with Crippen LogP contribution in [0.25, 0.3) is 0 Å². The normalized spacial score (nSPS) is 16.5. The number of sulfonamides is 1. The molecule has 9 nitrogen and oxygen atoms in total. The standard InChI is InChI=1S/C32H41N5O4S2/c1-32(2,3)28(23-36-21-11-6-12-22-36)33-31(42)34-29(24-13-7-4-8-14-24)30(25-15-9-5-10-16-25)35-43(40,41)27-19-17-26(18-20-27)37(38)39/h4-5,7-10,13-20,28-30,35H,6,11-12,21-23H2,1-3H3,(H2,33,34,42)/t28-,29+,30+/m1/s1. The summed E-state index contributed by atoms with van der Waals surface area (Å²) >= 11 is 5.90. The van der Waals surface area contributed by atoms with E-state index in [1.54, 1.807) is 0 Å². The Bertz CT molecular complexity index is 1460. The predicted octanol–water partition coefficient (Wildman–Crippen LogP) is 5.72. The van der Waals surface area contributed by atoms with Gasteiger partial charge in [0.15, 0.2) is 5.11 Å². The minimum atomic E-state index is -4.09. The Labute approximate surface area is 260 Å². The molecule has 0 saturated carbocycles. The lowest BCUT2D eigenvalue weighted by atomic mass is 9.86. The van der Waals surface area contributed by atoms with E-state index in [0.29, 0.717) is 5.11 Å². The molecule has 0 aromatic heterocycles. The molecule has 0 bridgehead atoms. The Morgan fingerprint density at radius 2 is 1.40 bits per heavy atom. The van der Waals surface area contributed by atoms with Gasteiger partial charge < -0.3 is 15.5 Å². The average Bonchev–Trinajstić information content (AvgIpc) is 2.99. The zero-order chi connectivity index (χ0) is 31.0. The van der Waals surface area contributed by atoms with Gasteiger partial charge in [0.05, 0.1) is 21.9 Å². The highest BCUT2D eigenvalue weighted by Crippen LogP contribution is 2.31. The van der Waals surface area contributed by atoms with Crippen LogP contribution in [0.5, 0.6) is 0 Å². The number of nitrogens with one attached hydrogen (secondary N) is 3.